The maximum atomic E-state index is 6.19. The van der Waals surface area contributed by atoms with Crippen molar-refractivity contribution < 1.29 is 4.74 Å². The van der Waals surface area contributed by atoms with Gasteiger partial charge in [-0.1, -0.05) is 20.3 Å². The minimum atomic E-state index is 0.531. The highest BCUT2D eigenvalue weighted by molar-refractivity contribution is 5.25. The van der Waals surface area contributed by atoms with E-state index in [0.29, 0.717) is 11.3 Å². The summed E-state index contributed by atoms with van der Waals surface area (Å²) in [5, 5.41) is 4.52. The van der Waals surface area contributed by atoms with Crippen LogP contribution in [0.4, 0.5) is 5.82 Å². The normalized spacial score (nSPS) is 42.2. The number of hydrogen-bond acceptors (Lipinski definition) is 3. The molecule has 0 bridgehead atoms. The molecule has 1 heterocycles. The van der Waals surface area contributed by atoms with Gasteiger partial charge in [0.1, 0.15) is 5.82 Å². The fourth-order valence-electron chi connectivity index (χ4n) is 9.46. The van der Waals surface area contributed by atoms with Gasteiger partial charge in [0.05, 0.1) is 6.20 Å². The molecule has 4 aliphatic rings. The largest absolute Gasteiger partial charge is 0.384 e. The average Bonchev–Trinajstić information content (AvgIpc) is 3.37. The zero-order chi connectivity index (χ0) is 22.3. The van der Waals surface area contributed by atoms with Gasteiger partial charge >= 0.3 is 0 Å². The van der Waals surface area contributed by atoms with E-state index in [9.17, 15) is 0 Å². The van der Waals surface area contributed by atoms with E-state index in [2.05, 4.69) is 30.6 Å². The molecule has 4 nitrogen and oxygen atoms in total. The molecule has 0 aromatic carbocycles. The van der Waals surface area contributed by atoms with Crippen molar-refractivity contribution in [2.24, 2.45) is 52.8 Å². The quantitative estimate of drug-likeness (QED) is 0.531. The van der Waals surface area contributed by atoms with Crippen LogP contribution in [0.2, 0.25) is 0 Å². The van der Waals surface area contributed by atoms with Crippen molar-refractivity contribution in [2.75, 3.05) is 18.9 Å². The number of rotatable bonds is 7. The van der Waals surface area contributed by atoms with Crippen LogP contribution in [0.25, 0.3) is 0 Å². The third-order valence-electron chi connectivity index (χ3n) is 10.9. The molecule has 0 aliphatic heterocycles. The summed E-state index contributed by atoms with van der Waals surface area (Å²) in [4.78, 5) is 0. The lowest BCUT2D eigenvalue weighted by atomic mass is 9.48. The minimum Gasteiger partial charge on any atom is -0.384 e. The van der Waals surface area contributed by atoms with E-state index in [4.69, 9.17) is 10.5 Å². The Bertz CT molecular complexity index is 762. The monoisotopic (exact) mass is 441 g/mol. The Hall–Kier alpha value is -1.03. The number of anilines is 1. The van der Waals surface area contributed by atoms with Crippen LogP contribution in [0.5, 0.6) is 0 Å². The van der Waals surface area contributed by atoms with E-state index in [1.54, 1.807) is 0 Å². The van der Waals surface area contributed by atoms with Crippen LogP contribution >= 0.6 is 0 Å². The summed E-state index contributed by atoms with van der Waals surface area (Å²) in [6, 6.07) is 1.94. The molecule has 3 unspecified atom stereocenters. The topological polar surface area (TPSA) is 53.1 Å². The van der Waals surface area contributed by atoms with Crippen LogP contribution in [0.3, 0.4) is 0 Å². The summed E-state index contributed by atoms with van der Waals surface area (Å²) in [6.07, 6.45) is 16.3. The van der Waals surface area contributed by atoms with Crippen LogP contribution in [0.15, 0.2) is 12.3 Å². The third-order valence-corrected chi connectivity index (χ3v) is 10.9. The molecule has 180 valence electrons. The molecule has 1 aromatic heterocycles. The predicted octanol–water partition coefficient (Wildman–Crippen LogP) is 6.41. The summed E-state index contributed by atoms with van der Waals surface area (Å²) in [6.45, 7) is 10.1. The molecule has 0 amide bonds. The average molecular weight is 442 g/mol. The standard InChI is InChI=1S/C28H47N3O/c1-4-20(17-31-27(29)13-15-30-31)25-10-11-26-24-9-7-21-16-19(18-32-5-2)6-8-22(21)23(24)12-14-28(25,26)3/h13,15,19-26H,4-12,14,16-18,29H2,1-3H3/t19-,20-,21+,22-,23?,24+,25?,26?,28+/m0/s1. The van der Waals surface area contributed by atoms with E-state index in [1.165, 1.54) is 64.2 Å². The van der Waals surface area contributed by atoms with E-state index in [0.717, 1.165) is 67.0 Å². The Labute approximate surface area is 196 Å². The number of nitrogen functional groups attached to an aromatic ring is 1. The van der Waals surface area contributed by atoms with Gasteiger partial charge in [-0.05, 0) is 124 Å². The Morgan fingerprint density at radius 3 is 2.69 bits per heavy atom. The first-order valence-electron chi connectivity index (χ1n) is 13.9. The lowest BCUT2D eigenvalue weighted by molar-refractivity contribution is -0.0797. The second-order valence-corrected chi connectivity index (χ2v) is 12.1. The summed E-state index contributed by atoms with van der Waals surface area (Å²) in [5.41, 5.74) is 6.72. The number of hydrogen-bond donors (Lipinski definition) is 1. The number of nitrogens with zero attached hydrogens (tertiary/aromatic N) is 2. The van der Waals surface area contributed by atoms with Crippen LogP contribution in [0.1, 0.15) is 85.0 Å². The second-order valence-electron chi connectivity index (χ2n) is 12.1. The highest BCUT2D eigenvalue weighted by Crippen LogP contribution is 2.65. The van der Waals surface area contributed by atoms with Crippen molar-refractivity contribution >= 4 is 5.82 Å². The first kappa shape index (κ1) is 22.7. The van der Waals surface area contributed by atoms with Crippen molar-refractivity contribution in [3.63, 3.8) is 0 Å². The Morgan fingerprint density at radius 1 is 1.09 bits per heavy atom. The van der Waals surface area contributed by atoms with E-state index >= 15 is 0 Å². The van der Waals surface area contributed by atoms with Crippen LogP contribution in [-0.4, -0.2) is 23.0 Å². The fraction of sp³-hybridized carbons (Fsp3) is 0.893. The Balaban J connectivity index is 1.27. The van der Waals surface area contributed by atoms with E-state index < -0.39 is 0 Å². The Morgan fingerprint density at radius 2 is 1.94 bits per heavy atom. The van der Waals surface area contributed by atoms with Crippen molar-refractivity contribution in [1.29, 1.82) is 0 Å². The van der Waals surface area contributed by atoms with Gasteiger partial charge < -0.3 is 10.5 Å². The van der Waals surface area contributed by atoms with Gasteiger partial charge in [0, 0.05) is 19.8 Å². The van der Waals surface area contributed by atoms with Crippen molar-refractivity contribution in [1.82, 2.24) is 9.78 Å². The first-order valence-corrected chi connectivity index (χ1v) is 13.9. The molecule has 0 spiro atoms. The van der Waals surface area contributed by atoms with Gasteiger partial charge in [-0.25, -0.2) is 4.68 Å². The number of nitrogens with two attached hydrogens (primary N) is 1. The predicted molar refractivity (Wildman–Crippen MR) is 131 cm³/mol. The molecular weight excluding hydrogens is 394 g/mol. The molecule has 0 saturated heterocycles. The van der Waals surface area contributed by atoms with Gasteiger partial charge in [-0.3, -0.25) is 0 Å². The highest BCUT2D eigenvalue weighted by Gasteiger charge is 2.57. The van der Waals surface area contributed by atoms with Crippen molar-refractivity contribution in [3.8, 4) is 0 Å². The molecule has 32 heavy (non-hydrogen) atoms. The molecular formula is C28H47N3O. The van der Waals surface area contributed by atoms with Gasteiger partial charge in [-0.2, -0.15) is 5.10 Å². The number of fused-ring (bicyclic) bond motifs is 5. The Kier molecular flexibility index (Phi) is 6.62. The van der Waals surface area contributed by atoms with Gasteiger partial charge in [0.25, 0.3) is 0 Å². The molecule has 4 saturated carbocycles. The van der Waals surface area contributed by atoms with Crippen LogP contribution in [0, 0.1) is 52.8 Å². The van der Waals surface area contributed by atoms with Crippen molar-refractivity contribution in [3.05, 3.63) is 12.3 Å². The van der Waals surface area contributed by atoms with Gasteiger partial charge in [0.15, 0.2) is 0 Å². The minimum absolute atomic E-state index is 0.531. The summed E-state index contributed by atoms with van der Waals surface area (Å²) in [7, 11) is 0. The summed E-state index contributed by atoms with van der Waals surface area (Å²) < 4.78 is 7.86. The zero-order valence-electron chi connectivity index (χ0n) is 20.8. The molecule has 0 radical (unpaired) electrons. The smallest absolute Gasteiger partial charge is 0.121 e. The second kappa shape index (κ2) is 9.31. The van der Waals surface area contributed by atoms with Crippen LogP contribution < -0.4 is 5.73 Å². The SMILES string of the molecule is CCOC[C@H]1CC[C@@H]2C3CC[C@]4(C)C([C@@H](CC)Cn5nccc5N)CCC4[C@@H]3CC[C@@H]2C1. The maximum absolute atomic E-state index is 6.19. The fourth-order valence-corrected chi connectivity index (χ4v) is 9.46. The van der Waals surface area contributed by atoms with Crippen LogP contribution in [-0.2, 0) is 11.3 Å². The molecule has 4 heteroatoms. The van der Waals surface area contributed by atoms with Gasteiger partial charge in [-0.15, -0.1) is 0 Å². The molecule has 1 aromatic rings. The molecule has 2 N–H and O–H groups in total. The summed E-state index contributed by atoms with van der Waals surface area (Å²) in [5.74, 6) is 8.16. The maximum Gasteiger partial charge on any atom is 0.121 e. The van der Waals surface area contributed by atoms with Crippen molar-refractivity contribution in [2.45, 2.75) is 91.5 Å². The lowest BCUT2D eigenvalue weighted by Gasteiger charge is -2.57. The van der Waals surface area contributed by atoms with Gasteiger partial charge in [0.2, 0.25) is 0 Å². The summed E-state index contributed by atoms with van der Waals surface area (Å²) >= 11 is 0. The van der Waals surface area contributed by atoms with E-state index in [1.807, 2.05) is 12.3 Å². The molecule has 9 atom stereocenters. The zero-order valence-corrected chi connectivity index (χ0v) is 20.8. The number of aromatic nitrogens is 2. The lowest BCUT2D eigenvalue weighted by Crippen LogP contribution is -2.49. The first-order chi connectivity index (χ1) is 15.5. The van der Waals surface area contributed by atoms with E-state index in [-0.39, 0.29) is 0 Å². The molecule has 4 aliphatic carbocycles. The number of ether oxygens (including phenoxy) is 1. The highest BCUT2D eigenvalue weighted by atomic mass is 16.5. The molecule has 5 rings (SSSR count). The third kappa shape index (κ3) is 3.93. The molecule has 4 fully saturated rings.